The van der Waals surface area contributed by atoms with Crippen LogP contribution in [0.3, 0.4) is 0 Å². The van der Waals surface area contributed by atoms with E-state index in [2.05, 4.69) is 10.3 Å². The van der Waals surface area contributed by atoms with Gasteiger partial charge in [0, 0.05) is 12.6 Å². The Hall–Kier alpha value is -1.26. The minimum Gasteiger partial charge on any atom is -0.308 e. The first-order valence-corrected chi connectivity index (χ1v) is 6.99. The first kappa shape index (κ1) is 11.8. The molecule has 1 saturated carbocycles. The van der Waals surface area contributed by atoms with Gasteiger partial charge in [-0.05, 0) is 37.5 Å². The van der Waals surface area contributed by atoms with Gasteiger partial charge in [0.1, 0.15) is 10.8 Å². The summed E-state index contributed by atoms with van der Waals surface area (Å²) in [6.07, 6.45) is 2.57. The molecule has 1 heterocycles. The molecule has 94 valence electrons. The first-order chi connectivity index (χ1) is 8.72. The maximum atomic E-state index is 12.9. The van der Waals surface area contributed by atoms with Crippen molar-refractivity contribution < 1.29 is 4.39 Å². The maximum Gasteiger partial charge on any atom is 0.123 e. The van der Waals surface area contributed by atoms with Crippen molar-refractivity contribution in [3.8, 4) is 10.4 Å². The Bertz CT molecular complexity index is 543. The average Bonchev–Trinajstić information content (AvgIpc) is 3.12. The highest BCUT2D eigenvalue weighted by Gasteiger charge is 2.21. The van der Waals surface area contributed by atoms with Crippen molar-refractivity contribution in [2.45, 2.75) is 32.4 Å². The summed E-state index contributed by atoms with van der Waals surface area (Å²) < 4.78 is 12.9. The second-order valence-electron chi connectivity index (χ2n) is 4.68. The molecule has 1 aromatic heterocycles. The summed E-state index contributed by atoms with van der Waals surface area (Å²) in [6.45, 7) is 2.85. The molecule has 0 bridgehead atoms. The molecule has 4 heteroatoms. The lowest BCUT2D eigenvalue weighted by Gasteiger charge is -1.98. The van der Waals surface area contributed by atoms with Crippen molar-refractivity contribution in [1.82, 2.24) is 10.3 Å². The highest BCUT2D eigenvalue weighted by molar-refractivity contribution is 7.15. The fourth-order valence-corrected chi connectivity index (χ4v) is 2.94. The number of rotatable bonds is 4. The number of aryl methyl sites for hydroxylation is 1. The fourth-order valence-electron chi connectivity index (χ4n) is 1.92. The van der Waals surface area contributed by atoms with Gasteiger partial charge in [0.2, 0.25) is 0 Å². The molecule has 18 heavy (non-hydrogen) atoms. The van der Waals surface area contributed by atoms with E-state index in [4.69, 9.17) is 0 Å². The van der Waals surface area contributed by atoms with Crippen LogP contribution < -0.4 is 5.32 Å². The zero-order chi connectivity index (χ0) is 12.5. The third-order valence-electron chi connectivity index (χ3n) is 3.07. The summed E-state index contributed by atoms with van der Waals surface area (Å²) in [5, 5.41) is 4.57. The Labute approximate surface area is 110 Å². The highest BCUT2D eigenvalue weighted by Crippen LogP contribution is 2.30. The van der Waals surface area contributed by atoms with Crippen LogP contribution in [0.4, 0.5) is 4.39 Å². The number of aromatic nitrogens is 1. The third kappa shape index (κ3) is 2.60. The monoisotopic (exact) mass is 262 g/mol. The van der Waals surface area contributed by atoms with Gasteiger partial charge >= 0.3 is 0 Å². The predicted molar refractivity (Wildman–Crippen MR) is 72.1 cm³/mol. The quantitative estimate of drug-likeness (QED) is 0.912. The van der Waals surface area contributed by atoms with E-state index >= 15 is 0 Å². The van der Waals surface area contributed by atoms with E-state index in [-0.39, 0.29) is 5.82 Å². The van der Waals surface area contributed by atoms with Crippen molar-refractivity contribution in [2.24, 2.45) is 0 Å². The summed E-state index contributed by atoms with van der Waals surface area (Å²) in [5.74, 6) is -0.198. The molecule has 1 N–H and O–H groups in total. The van der Waals surface area contributed by atoms with Crippen LogP contribution in [0.5, 0.6) is 0 Å². The van der Waals surface area contributed by atoms with Crippen molar-refractivity contribution in [2.75, 3.05) is 0 Å². The van der Waals surface area contributed by atoms with Crippen LogP contribution >= 0.6 is 11.3 Å². The van der Waals surface area contributed by atoms with Crippen LogP contribution in [-0.4, -0.2) is 11.0 Å². The molecule has 1 aliphatic carbocycles. The third-order valence-corrected chi connectivity index (χ3v) is 4.27. The number of nitrogens with one attached hydrogen (secondary N) is 1. The second-order valence-corrected chi connectivity index (χ2v) is 5.77. The minimum atomic E-state index is -0.198. The molecule has 0 unspecified atom stereocenters. The van der Waals surface area contributed by atoms with Gasteiger partial charge in [-0.2, -0.15) is 0 Å². The SMILES string of the molecule is Cc1nc(CNC2CC2)sc1-c1ccc(F)cc1. The Morgan fingerprint density at radius 1 is 1.33 bits per heavy atom. The second kappa shape index (κ2) is 4.78. The largest absolute Gasteiger partial charge is 0.308 e. The Morgan fingerprint density at radius 3 is 2.72 bits per heavy atom. The number of nitrogens with zero attached hydrogens (tertiary/aromatic N) is 1. The lowest BCUT2D eigenvalue weighted by Crippen LogP contribution is -2.14. The molecule has 0 radical (unpaired) electrons. The lowest BCUT2D eigenvalue weighted by molar-refractivity contribution is 0.628. The normalized spacial score (nSPS) is 15.0. The van der Waals surface area contributed by atoms with Gasteiger partial charge in [-0.25, -0.2) is 9.37 Å². The zero-order valence-electron chi connectivity index (χ0n) is 10.2. The molecular weight excluding hydrogens is 247 g/mol. The number of benzene rings is 1. The average molecular weight is 262 g/mol. The molecule has 1 aromatic carbocycles. The number of hydrogen-bond acceptors (Lipinski definition) is 3. The Kier molecular flexibility index (Phi) is 3.14. The van der Waals surface area contributed by atoms with E-state index in [9.17, 15) is 4.39 Å². The van der Waals surface area contributed by atoms with Gasteiger partial charge < -0.3 is 5.32 Å². The van der Waals surface area contributed by atoms with Crippen LogP contribution in [0.25, 0.3) is 10.4 Å². The molecule has 0 amide bonds. The van der Waals surface area contributed by atoms with Crippen molar-refractivity contribution in [3.63, 3.8) is 0 Å². The summed E-state index contributed by atoms with van der Waals surface area (Å²) >= 11 is 1.69. The number of halogens is 1. The maximum absolute atomic E-state index is 12.9. The molecule has 2 aromatic rings. The van der Waals surface area contributed by atoms with Crippen LogP contribution in [0.1, 0.15) is 23.5 Å². The lowest BCUT2D eigenvalue weighted by atomic mass is 10.1. The number of hydrogen-bond donors (Lipinski definition) is 1. The Morgan fingerprint density at radius 2 is 2.06 bits per heavy atom. The fraction of sp³-hybridized carbons (Fsp3) is 0.357. The van der Waals surface area contributed by atoms with Crippen LogP contribution in [0.15, 0.2) is 24.3 Å². The zero-order valence-corrected chi connectivity index (χ0v) is 11.1. The van der Waals surface area contributed by atoms with Crippen LogP contribution in [-0.2, 0) is 6.54 Å². The van der Waals surface area contributed by atoms with E-state index < -0.39 is 0 Å². The smallest absolute Gasteiger partial charge is 0.123 e. The summed E-state index contributed by atoms with van der Waals surface area (Å²) in [6, 6.07) is 7.32. The van der Waals surface area contributed by atoms with E-state index in [1.54, 1.807) is 11.3 Å². The summed E-state index contributed by atoms with van der Waals surface area (Å²) in [4.78, 5) is 5.71. The van der Waals surface area contributed by atoms with Crippen LogP contribution in [0.2, 0.25) is 0 Å². The molecule has 0 saturated heterocycles. The molecule has 1 aliphatic rings. The summed E-state index contributed by atoms with van der Waals surface area (Å²) in [5.41, 5.74) is 2.07. The Balaban J connectivity index is 1.80. The molecule has 3 rings (SSSR count). The topological polar surface area (TPSA) is 24.9 Å². The van der Waals surface area contributed by atoms with Crippen molar-refractivity contribution in [1.29, 1.82) is 0 Å². The van der Waals surface area contributed by atoms with Gasteiger partial charge in [-0.3, -0.25) is 0 Å². The first-order valence-electron chi connectivity index (χ1n) is 6.18. The van der Waals surface area contributed by atoms with Gasteiger partial charge in [-0.1, -0.05) is 12.1 Å². The van der Waals surface area contributed by atoms with Crippen molar-refractivity contribution >= 4 is 11.3 Å². The standard InChI is InChI=1S/C14H15FN2S/c1-9-14(10-2-4-11(15)5-3-10)18-13(17-9)8-16-12-6-7-12/h2-5,12,16H,6-8H2,1H3. The van der Waals surface area contributed by atoms with Crippen molar-refractivity contribution in [3.05, 3.63) is 40.8 Å². The minimum absolute atomic E-state index is 0.198. The van der Waals surface area contributed by atoms with Gasteiger partial charge in [0.25, 0.3) is 0 Å². The van der Waals surface area contributed by atoms with E-state index in [0.29, 0.717) is 6.04 Å². The molecule has 2 nitrogen and oxygen atoms in total. The van der Waals surface area contributed by atoms with Gasteiger partial charge in [-0.15, -0.1) is 11.3 Å². The number of thiazole rings is 1. The van der Waals surface area contributed by atoms with Crippen LogP contribution in [0, 0.1) is 12.7 Å². The molecule has 0 atom stereocenters. The van der Waals surface area contributed by atoms with E-state index in [0.717, 1.165) is 27.7 Å². The van der Waals surface area contributed by atoms with Gasteiger partial charge in [0.15, 0.2) is 0 Å². The highest BCUT2D eigenvalue weighted by atomic mass is 32.1. The molecule has 0 aliphatic heterocycles. The van der Waals surface area contributed by atoms with E-state index in [1.807, 2.05) is 19.1 Å². The molecule has 1 fully saturated rings. The summed E-state index contributed by atoms with van der Waals surface area (Å²) in [7, 11) is 0. The van der Waals surface area contributed by atoms with Gasteiger partial charge in [0.05, 0.1) is 10.6 Å². The molecular formula is C14H15FN2S. The van der Waals surface area contributed by atoms with E-state index in [1.165, 1.54) is 25.0 Å². The molecule has 0 spiro atoms. The predicted octanol–water partition coefficient (Wildman–Crippen LogP) is 3.51.